The fourth-order valence-electron chi connectivity index (χ4n) is 1.53. The normalized spacial score (nSPS) is 26.4. The lowest BCUT2D eigenvalue weighted by Gasteiger charge is -2.27. The summed E-state index contributed by atoms with van der Waals surface area (Å²) in [6.45, 7) is 3.77. The highest BCUT2D eigenvalue weighted by Gasteiger charge is 2.35. The quantitative estimate of drug-likeness (QED) is 0.815. The highest BCUT2D eigenvalue weighted by atomic mass is 16.5. The molecule has 0 bridgehead atoms. The minimum absolute atomic E-state index is 0.208. The summed E-state index contributed by atoms with van der Waals surface area (Å²) in [7, 11) is 1.61. The van der Waals surface area contributed by atoms with Gasteiger partial charge in [0.05, 0.1) is 6.10 Å². The van der Waals surface area contributed by atoms with Gasteiger partial charge >= 0.3 is 0 Å². The molecule has 0 radical (unpaired) electrons. The van der Waals surface area contributed by atoms with Gasteiger partial charge in [-0.25, -0.2) is 0 Å². The molecule has 0 aliphatic heterocycles. The Labute approximate surface area is 88.4 Å². The number of aliphatic hydroxyl groups excluding tert-OH is 1. The van der Waals surface area contributed by atoms with Crippen LogP contribution in [0.15, 0.2) is 4.52 Å². The van der Waals surface area contributed by atoms with E-state index in [4.69, 9.17) is 9.26 Å². The Morgan fingerprint density at radius 1 is 1.47 bits per heavy atom. The van der Waals surface area contributed by atoms with Gasteiger partial charge in [-0.3, -0.25) is 0 Å². The van der Waals surface area contributed by atoms with Crippen molar-refractivity contribution < 1.29 is 14.4 Å². The van der Waals surface area contributed by atoms with Crippen LogP contribution in [0.25, 0.3) is 0 Å². The lowest BCUT2D eigenvalue weighted by Crippen LogP contribution is -2.27. The lowest BCUT2D eigenvalue weighted by atomic mass is 9.82. The Kier molecular flexibility index (Phi) is 2.52. The Balaban J connectivity index is 2.11. The average molecular weight is 212 g/mol. The zero-order valence-electron chi connectivity index (χ0n) is 9.23. The van der Waals surface area contributed by atoms with Crippen molar-refractivity contribution in [1.29, 1.82) is 0 Å². The summed E-state index contributed by atoms with van der Waals surface area (Å²) < 4.78 is 10.4. The largest absolute Gasteiger partial charge is 0.393 e. The predicted molar refractivity (Wildman–Crippen MR) is 52.3 cm³/mol. The van der Waals surface area contributed by atoms with Crippen LogP contribution in [0.3, 0.4) is 0 Å². The zero-order valence-corrected chi connectivity index (χ0v) is 9.23. The van der Waals surface area contributed by atoms with Crippen LogP contribution < -0.4 is 0 Å². The zero-order chi connectivity index (χ0) is 11.1. The minimum atomic E-state index is -0.524. The van der Waals surface area contributed by atoms with Crippen LogP contribution in [0, 0.1) is 0 Å². The topological polar surface area (TPSA) is 68.4 Å². The van der Waals surface area contributed by atoms with E-state index in [2.05, 4.69) is 10.1 Å². The maximum absolute atomic E-state index is 9.18. The van der Waals surface area contributed by atoms with Crippen LogP contribution in [0.1, 0.15) is 44.3 Å². The van der Waals surface area contributed by atoms with Gasteiger partial charge in [0.1, 0.15) is 5.60 Å². The smallest absolute Gasteiger partial charge is 0.230 e. The van der Waals surface area contributed by atoms with Crippen LogP contribution >= 0.6 is 0 Å². The van der Waals surface area contributed by atoms with E-state index in [0.29, 0.717) is 11.7 Å². The fourth-order valence-corrected chi connectivity index (χ4v) is 1.53. The van der Waals surface area contributed by atoms with Crippen molar-refractivity contribution in [3.63, 3.8) is 0 Å². The molecule has 1 aliphatic carbocycles. The number of hydrogen-bond acceptors (Lipinski definition) is 5. The summed E-state index contributed by atoms with van der Waals surface area (Å²) >= 11 is 0. The summed E-state index contributed by atoms with van der Waals surface area (Å²) in [5.41, 5.74) is -0.524. The maximum Gasteiger partial charge on any atom is 0.230 e. The van der Waals surface area contributed by atoms with Gasteiger partial charge in [-0.15, -0.1) is 0 Å². The van der Waals surface area contributed by atoms with Crippen molar-refractivity contribution in [3.05, 3.63) is 11.7 Å². The Morgan fingerprint density at radius 3 is 2.67 bits per heavy atom. The molecular weight excluding hydrogens is 196 g/mol. The van der Waals surface area contributed by atoms with Gasteiger partial charge in [-0.1, -0.05) is 5.16 Å². The number of aromatic nitrogens is 2. The third-order valence-electron chi connectivity index (χ3n) is 2.95. The third kappa shape index (κ3) is 1.89. The number of ether oxygens (including phenoxy) is 1. The number of aliphatic hydroxyl groups is 1. The van der Waals surface area contributed by atoms with Gasteiger partial charge in [-0.05, 0) is 26.7 Å². The van der Waals surface area contributed by atoms with E-state index in [-0.39, 0.29) is 12.0 Å². The molecule has 1 fully saturated rings. The van der Waals surface area contributed by atoms with E-state index in [1.807, 2.05) is 13.8 Å². The Bertz CT molecular complexity index is 342. The molecule has 84 valence electrons. The summed E-state index contributed by atoms with van der Waals surface area (Å²) in [6, 6.07) is 0. The first-order valence-electron chi connectivity index (χ1n) is 5.10. The molecule has 1 aromatic heterocycles. The molecule has 2 rings (SSSR count). The third-order valence-corrected chi connectivity index (χ3v) is 2.95. The molecule has 0 atom stereocenters. The van der Waals surface area contributed by atoms with Gasteiger partial charge in [0.25, 0.3) is 0 Å². The number of hydrogen-bond donors (Lipinski definition) is 1. The van der Waals surface area contributed by atoms with Crippen LogP contribution in [0.2, 0.25) is 0 Å². The molecule has 1 aliphatic rings. The second-order valence-electron chi connectivity index (χ2n) is 4.49. The van der Waals surface area contributed by atoms with E-state index in [0.717, 1.165) is 12.8 Å². The molecule has 1 aromatic rings. The van der Waals surface area contributed by atoms with E-state index in [1.54, 1.807) is 7.11 Å². The minimum Gasteiger partial charge on any atom is -0.393 e. The summed E-state index contributed by atoms with van der Waals surface area (Å²) in [4.78, 5) is 4.30. The SMILES string of the molecule is COC(C)(C)c1noc(C2CC(O)C2)n1. The summed E-state index contributed by atoms with van der Waals surface area (Å²) in [6.07, 6.45) is 1.23. The molecular formula is C10H16N2O3. The highest BCUT2D eigenvalue weighted by molar-refractivity contribution is 5.04. The lowest BCUT2D eigenvalue weighted by molar-refractivity contribution is 0.00972. The van der Waals surface area contributed by atoms with Crippen molar-refractivity contribution in [2.45, 2.75) is 44.3 Å². The fraction of sp³-hybridized carbons (Fsp3) is 0.800. The van der Waals surface area contributed by atoms with Crippen molar-refractivity contribution in [2.75, 3.05) is 7.11 Å². The maximum atomic E-state index is 9.18. The van der Waals surface area contributed by atoms with Crippen LogP contribution in [-0.2, 0) is 10.3 Å². The van der Waals surface area contributed by atoms with E-state index in [9.17, 15) is 5.11 Å². The molecule has 1 N–H and O–H groups in total. The molecule has 15 heavy (non-hydrogen) atoms. The second-order valence-corrected chi connectivity index (χ2v) is 4.49. The van der Waals surface area contributed by atoms with Gasteiger partial charge in [-0.2, -0.15) is 4.98 Å². The highest BCUT2D eigenvalue weighted by Crippen LogP contribution is 2.36. The first-order chi connectivity index (χ1) is 7.03. The van der Waals surface area contributed by atoms with Crippen molar-refractivity contribution in [3.8, 4) is 0 Å². The van der Waals surface area contributed by atoms with E-state index in [1.165, 1.54) is 0 Å². The molecule has 5 nitrogen and oxygen atoms in total. The van der Waals surface area contributed by atoms with E-state index >= 15 is 0 Å². The number of nitrogens with zero attached hydrogens (tertiary/aromatic N) is 2. The second kappa shape index (κ2) is 3.57. The van der Waals surface area contributed by atoms with Crippen LogP contribution in [0.4, 0.5) is 0 Å². The molecule has 0 aromatic carbocycles. The molecule has 0 spiro atoms. The van der Waals surface area contributed by atoms with Crippen molar-refractivity contribution in [2.24, 2.45) is 0 Å². The van der Waals surface area contributed by atoms with Gasteiger partial charge in [0.2, 0.25) is 11.7 Å². The van der Waals surface area contributed by atoms with Gasteiger partial charge < -0.3 is 14.4 Å². The monoisotopic (exact) mass is 212 g/mol. The Morgan fingerprint density at radius 2 is 2.13 bits per heavy atom. The molecule has 0 amide bonds. The summed E-state index contributed by atoms with van der Waals surface area (Å²) in [5.74, 6) is 1.38. The molecule has 1 saturated carbocycles. The first kappa shape index (κ1) is 10.6. The van der Waals surface area contributed by atoms with E-state index < -0.39 is 5.60 Å². The molecule has 0 unspecified atom stereocenters. The molecule has 0 saturated heterocycles. The van der Waals surface area contributed by atoms with Crippen molar-refractivity contribution in [1.82, 2.24) is 10.1 Å². The van der Waals surface area contributed by atoms with Gasteiger partial charge in [0, 0.05) is 13.0 Å². The average Bonchev–Trinajstić information content (AvgIpc) is 2.62. The number of rotatable bonds is 3. The van der Waals surface area contributed by atoms with Crippen molar-refractivity contribution >= 4 is 0 Å². The predicted octanol–water partition coefficient (Wildman–Crippen LogP) is 1.19. The summed E-state index contributed by atoms with van der Waals surface area (Å²) in [5, 5.41) is 13.1. The first-order valence-corrected chi connectivity index (χ1v) is 5.10. The van der Waals surface area contributed by atoms with Gasteiger partial charge in [0.15, 0.2) is 0 Å². The molecule has 5 heteroatoms. The van der Waals surface area contributed by atoms with Crippen LogP contribution in [-0.4, -0.2) is 28.5 Å². The Hall–Kier alpha value is -0.940. The number of methoxy groups -OCH3 is 1. The standard InChI is InChI=1S/C10H16N2O3/c1-10(2,14-3)9-11-8(15-12-9)6-4-7(13)5-6/h6-7,13H,4-5H2,1-3H3. The molecule has 1 heterocycles. The van der Waals surface area contributed by atoms with Crippen LogP contribution in [0.5, 0.6) is 0 Å².